The summed E-state index contributed by atoms with van der Waals surface area (Å²) in [5.74, 6) is 0.461. The summed E-state index contributed by atoms with van der Waals surface area (Å²) >= 11 is 3.39. The van der Waals surface area contributed by atoms with Crippen LogP contribution in [0.1, 0.15) is 11.1 Å². The molecule has 0 aliphatic rings. The van der Waals surface area contributed by atoms with Crippen molar-refractivity contribution in [3.05, 3.63) is 58.1 Å². The van der Waals surface area contributed by atoms with E-state index in [4.69, 9.17) is 4.74 Å². The first-order valence-corrected chi connectivity index (χ1v) is 7.84. The van der Waals surface area contributed by atoms with Gasteiger partial charge in [0.05, 0.1) is 19.9 Å². The van der Waals surface area contributed by atoms with E-state index in [1.807, 2.05) is 49.4 Å². The molecular formula is C17H18BrN3O2. The Bertz CT molecular complexity index is 717. The number of nitrogens with zero attached hydrogens (tertiary/aromatic N) is 1. The summed E-state index contributed by atoms with van der Waals surface area (Å²) in [6, 6.07) is 13.4. The number of carbonyl (C=O) groups excluding carboxylic acids is 1. The van der Waals surface area contributed by atoms with Crippen molar-refractivity contribution in [3.8, 4) is 5.75 Å². The number of halogens is 1. The lowest BCUT2D eigenvalue weighted by Crippen LogP contribution is -2.26. The van der Waals surface area contributed by atoms with Crippen molar-refractivity contribution < 1.29 is 9.53 Å². The fraction of sp³-hybridized carbons (Fsp3) is 0.176. The Labute approximate surface area is 143 Å². The van der Waals surface area contributed by atoms with Gasteiger partial charge >= 0.3 is 0 Å². The molecule has 0 saturated heterocycles. The van der Waals surface area contributed by atoms with Crippen molar-refractivity contribution in [3.63, 3.8) is 0 Å². The van der Waals surface area contributed by atoms with Crippen molar-refractivity contribution >= 4 is 33.7 Å². The zero-order chi connectivity index (χ0) is 16.7. The molecule has 1 amide bonds. The van der Waals surface area contributed by atoms with Crippen LogP contribution in [0.5, 0.6) is 5.75 Å². The summed E-state index contributed by atoms with van der Waals surface area (Å²) in [5.41, 5.74) is 5.28. The van der Waals surface area contributed by atoms with Crippen LogP contribution in [0.3, 0.4) is 0 Å². The minimum absolute atomic E-state index is 0.151. The van der Waals surface area contributed by atoms with Gasteiger partial charge < -0.3 is 10.1 Å². The number of nitrogens with one attached hydrogen (secondary N) is 2. The van der Waals surface area contributed by atoms with E-state index in [0.717, 1.165) is 21.3 Å². The molecule has 0 spiro atoms. The van der Waals surface area contributed by atoms with Gasteiger partial charge in [-0.1, -0.05) is 34.1 Å². The second-order valence-corrected chi connectivity index (χ2v) is 5.76. The monoisotopic (exact) mass is 375 g/mol. The van der Waals surface area contributed by atoms with E-state index >= 15 is 0 Å². The van der Waals surface area contributed by atoms with Crippen molar-refractivity contribution in [1.82, 2.24) is 5.43 Å². The fourth-order valence-electron chi connectivity index (χ4n) is 1.97. The second kappa shape index (κ2) is 8.33. The fourth-order valence-corrected chi connectivity index (χ4v) is 2.34. The highest BCUT2D eigenvalue weighted by Gasteiger charge is 2.03. The van der Waals surface area contributed by atoms with Crippen LogP contribution in [0.25, 0.3) is 0 Å². The zero-order valence-corrected chi connectivity index (χ0v) is 14.6. The van der Waals surface area contributed by atoms with E-state index in [9.17, 15) is 4.79 Å². The van der Waals surface area contributed by atoms with Crippen LogP contribution in [0.2, 0.25) is 0 Å². The highest BCUT2D eigenvalue weighted by atomic mass is 79.9. The lowest BCUT2D eigenvalue weighted by atomic mass is 10.2. The van der Waals surface area contributed by atoms with E-state index in [2.05, 4.69) is 31.8 Å². The van der Waals surface area contributed by atoms with Gasteiger partial charge in [-0.2, -0.15) is 5.10 Å². The molecule has 0 aromatic heterocycles. The summed E-state index contributed by atoms with van der Waals surface area (Å²) in [5, 5.41) is 7.04. The van der Waals surface area contributed by atoms with Gasteiger partial charge in [0.25, 0.3) is 5.91 Å². The average molecular weight is 376 g/mol. The topological polar surface area (TPSA) is 62.7 Å². The number of ether oxygens (including phenoxy) is 1. The first-order chi connectivity index (χ1) is 11.1. The number of para-hydroxylation sites is 1. The third-order valence-corrected chi connectivity index (χ3v) is 3.66. The lowest BCUT2D eigenvalue weighted by molar-refractivity contribution is -0.119. The van der Waals surface area contributed by atoms with Crippen molar-refractivity contribution in [2.75, 3.05) is 19.0 Å². The molecule has 0 heterocycles. The number of methoxy groups -OCH3 is 1. The highest BCUT2D eigenvalue weighted by molar-refractivity contribution is 9.10. The molecule has 2 aromatic rings. The molecule has 0 bridgehead atoms. The summed E-state index contributed by atoms with van der Waals surface area (Å²) in [6.07, 6.45) is 1.55. The molecule has 0 fully saturated rings. The quantitative estimate of drug-likeness (QED) is 0.601. The summed E-state index contributed by atoms with van der Waals surface area (Å²) in [6.45, 7) is 2.13. The molecule has 6 heteroatoms. The summed E-state index contributed by atoms with van der Waals surface area (Å²) < 4.78 is 6.15. The molecule has 5 nitrogen and oxygen atoms in total. The minimum atomic E-state index is -0.224. The van der Waals surface area contributed by atoms with E-state index in [1.54, 1.807) is 13.3 Å². The zero-order valence-electron chi connectivity index (χ0n) is 13.0. The Hall–Kier alpha value is -2.34. The molecule has 0 aliphatic carbocycles. The van der Waals surface area contributed by atoms with Crippen LogP contribution in [0, 0.1) is 6.92 Å². The van der Waals surface area contributed by atoms with Crippen molar-refractivity contribution in [2.24, 2.45) is 5.10 Å². The van der Waals surface area contributed by atoms with E-state index < -0.39 is 0 Å². The molecule has 2 rings (SSSR count). The molecule has 120 valence electrons. The van der Waals surface area contributed by atoms with E-state index in [0.29, 0.717) is 5.75 Å². The first-order valence-electron chi connectivity index (χ1n) is 7.05. The van der Waals surface area contributed by atoms with Crippen molar-refractivity contribution in [1.29, 1.82) is 0 Å². The van der Waals surface area contributed by atoms with Gasteiger partial charge in [0.1, 0.15) is 5.75 Å². The third-order valence-electron chi connectivity index (χ3n) is 3.17. The molecule has 2 aromatic carbocycles. The molecule has 0 radical (unpaired) electrons. The maximum Gasteiger partial charge on any atom is 0.259 e. The van der Waals surface area contributed by atoms with Gasteiger partial charge in [0.15, 0.2) is 0 Å². The van der Waals surface area contributed by atoms with Crippen LogP contribution >= 0.6 is 15.9 Å². The summed E-state index contributed by atoms with van der Waals surface area (Å²) in [4.78, 5) is 11.8. The number of aryl methyl sites for hydroxylation is 1. The number of hydrazone groups is 1. The molecule has 0 saturated carbocycles. The van der Waals surface area contributed by atoms with Crippen LogP contribution < -0.4 is 15.5 Å². The van der Waals surface area contributed by atoms with Gasteiger partial charge in [-0.25, -0.2) is 5.43 Å². The largest absolute Gasteiger partial charge is 0.496 e. The van der Waals surface area contributed by atoms with Crippen LogP contribution in [0.15, 0.2) is 52.0 Å². The van der Waals surface area contributed by atoms with E-state index in [-0.39, 0.29) is 12.5 Å². The SMILES string of the molecule is COc1ccc(Br)cc1/C=N\NC(=O)CNc1ccccc1C. The third kappa shape index (κ3) is 5.10. The van der Waals surface area contributed by atoms with Gasteiger partial charge in [-0.3, -0.25) is 4.79 Å². The molecular weight excluding hydrogens is 358 g/mol. The maximum absolute atomic E-state index is 11.8. The van der Waals surface area contributed by atoms with Gasteiger partial charge in [-0.15, -0.1) is 0 Å². The van der Waals surface area contributed by atoms with Crippen LogP contribution in [-0.4, -0.2) is 25.8 Å². The van der Waals surface area contributed by atoms with Gasteiger partial charge in [0.2, 0.25) is 0 Å². The predicted molar refractivity (Wildman–Crippen MR) is 96.1 cm³/mol. The Kier molecular flexibility index (Phi) is 6.17. The molecule has 0 aliphatic heterocycles. The Morgan fingerprint density at radius 3 is 2.83 bits per heavy atom. The van der Waals surface area contributed by atoms with Crippen molar-refractivity contribution in [2.45, 2.75) is 6.92 Å². The lowest BCUT2D eigenvalue weighted by Gasteiger charge is -2.08. The number of hydrogen-bond donors (Lipinski definition) is 2. The average Bonchev–Trinajstić information content (AvgIpc) is 2.54. The second-order valence-electron chi connectivity index (χ2n) is 4.85. The summed E-state index contributed by atoms with van der Waals surface area (Å²) in [7, 11) is 1.59. The Morgan fingerprint density at radius 1 is 1.30 bits per heavy atom. The Morgan fingerprint density at radius 2 is 2.09 bits per heavy atom. The normalized spacial score (nSPS) is 10.6. The molecule has 2 N–H and O–H groups in total. The van der Waals surface area contributed by atoms with Gasteiger partial charge in [-0.05, 0) is 36.8 Å². The van der Waals surface area contributed by atoms with E-state index in [1.165, 1.54) is 0 Å². The van der Waals surface area contributed by atoms with Crippen LogP contribution in [-0.2, 0) is 4.79 Å². The molecule has 23 heavy (non-hydrogen) atoms. The number of anilines is 1. The maximum atomic E-state index is 11.8. The minimum Gasteiger partial charge on any atom is -0.496 e. The molecule has 0 atom stereocenters. The first kappa shape index (κ1) is 17.0. The molecule has 0 unspecified atom stereocenters. The number of rotatable bonds is 6. The predicted octanol–water partition coefficient (Wildman–Crippen LogP) is 3.33. The highest BCUT2D eigenvalue weighted by Crippen LogP contribution is 2.21. The standard InChI is InChI=1S/C17H18BrN3O2/c1-12-5-3-4-6-15(12)19-11-17(22)21-20-10-13-9-14(18)7-8-16(13)23-2/h3-10,19H,11H2,1-2H3,(H,21,22)/b20-10-. The smallest absolute Gasteiger partial charge is 0.259 e. The number of amides is 1. The van der Waals surface area contributed by atoms with Gasteiger partial charge in [0, 0.05) is 15.7 Å². The number of benzene rings is 2. The number of carbonyl (C=O) groups is 1. The number of hydrogen-bond acceptors (Lipinski definition) is 4. The van der Waals surface area contributed by atoms with Crippen LogP contribution in [0.4, 0.5) is 5.69 Å². The Balaban J connectivity index is 1.89.